The second-order valence-corrected chi connectivity index (χ2v) is 8.98. The number of benzene rings is 2. The summed E-state index contributed by atoms with van der Waals surface area (Å²) < 4.78 is 27.8. The van der Waals surface area contributed by atoms with E-state index in [0.717, 1.165) is 30.6 Å². The van der Waals surface area contributed by atoms with E-state index >= 15 is 0 Å². The van der Waals surface area contributed by atoms with E-state index in [1.165, 1.54) is 58.7 Å². The first-order chi connectivity index (χ1) is 15.5. The van der Waals surface area contributed by atoms with Crippen molar-refractivity contribution in [2.24, 2.45) is 0 Å². The van der Waals surface area contributed by atoms with Crippen molar-refractivity contribution in [3.63, 3.8) is 0 Å². The van der Waals surface area contributed by atoms with Gasteiger partial charge in [-0.2, -0.15) is 0 Å². The molecule has 0 saturated heterocycles. The van der Waals surface area contributed by atoms with Gasteiger partial charge in [-0.3, -0.25) is 14.5 Å². The molecule has 4 nitrogen and oxygen atoms in total. The van der Waals surface area contributed by atoms with Gasteiger partial charge >= 0.3 is 0 Å². The number of rotatable bonds is 7. The standard InChI is InChI=1S/C25H24F2N2O2S/c26-18-12-10-17(11-13-18)24(25(31)28-20-6-1-2-7-20)29(21-8-3-5-19(27)15-21)23(30)16-22-9-4-14-32-22/h3-5,8-15,20,24H,1-2,6-7,16H2,(H,28,31)/t24-/m0/s1. The highest BCUT2D eigenvalue weighted by Gasteiger charge is 2.34. The van der Waals surface area contributed by atoms with Crippen LogP contribution in [0.1, 0.15) is 42.2 Å². The van der Waals surface area contributed by atoms with Crippen molar-refractivity contribution >= 4 is 28.8 Å². The summed E-state index contributed by atoms with van der Waals surface area (Å²) in [7, 11) is 0. The van der Waals surface area contributed by atoms with E-state index in [0.29, 0.717) is 5.56 Å². The first-order valence-electron chi connectivity index (χ1n) is 10.7. The summed E-state index contributed by atoms with van der Waals surface area (Å²) in [6.45, 7) is 0. The summed E-state index contributed by atoms with van der Waals surface area (Å²) in [4.78, 5) is 29.2. The van der Waals surface area contributed by atoms with Crippen LogP contribution in [0.15, 0.2) is 66.0 Å². The Morgan fingerprint density at radius 1 is 1.00 bits per heavy atom. The second-order valence-electron chi connectivity index (χ2n) is 7.94. The van der Waals surface area contributed by atoms with Crippen LogP contribution >= 0.6 is 11.3 Å². The Morgan fingerprint density at radius 2 is 1.75 bits per heavy atom. The number of nitrogens with one attached hydrogen (secondary N) is 1. The molecule has 7 heteroatoms. The number of nitrogens with zero attached hydrogens (tertiary/aromatic N) is 1. The maximum absolute atomic E-state index is 14.1. The topological polar surface area (TPSA) is 49.4 Å². The van der Waals surface area contributed by atoms with Crippen LogP contribution in [0, 0.1) is 11.6 Å². The maximum atomic E-state index is 14.1. The van der Waals surface area contributed by atoms with Crippen molar-refractivity contribution in [3.8, 4) is 0 Å². The van der Waals surface area contributed by atoms with Gasteiger partial charge in [0.1, 0.15) is 17.7 Å². The molecule has 1 aliphatic rings. The molecule has 0 spiro atoms. The molecule has 32 heavy (non-hydrogen) atoms. The molecule has 4 rings (SSSR count). The van der Waals surface area contributed by atoms with Gasteiger partial charge in [-0.05, 0) is 60.2 Å². The Balaban J connectivity index is 1.76. The van der Waals surface area contributed by atoms with Gasteiger partial charge in [-0.1, -0.05) is 37.1 Å². The molecule has 3 aromatic rings. The predicted octanol–water partition coefficient (Wildman–Crippen LogP) is 5.40. The van der Waals surface area contributed by atoms with Gasteiger partial charge in [-0.25, -0.2) is 8.78 Å². The quantitative estimate of drug-likeness (QED) is 0.520. The maximum Gasteiger partial charge on any atom is 0.248 e. The van der Waals surface area contributed by atoms with E-state index < -0.39 is 17.7 Å². The van der Waals surface area contributed by atoms with E-state index in [9.17, 15) is 18.4 Å². The summed E-state index contributed by atoms with van der Waals surface area (Å²) in [5.41, 5.74) is 0.744. The Kier molecular flexibility index (Phi) is 6.95. The molecule has 1 N–H and O–H groups in total. The molecule has 1 heterocycles. The second kappa shape index (κ2) is 10.0. The van der Waals surface area contributed by atoms with Crippen LogP contribution in [-0.2, 0) is 16.0 Å². The number of anilines is 1. The van der Waals surface area contributed by atoms with Crippen LogP contribution in [0.3, 0.4) is 0 Å². The fourth-order valence-electron chi connectivity index (χ4n) is 4.12. The normalized spacial score (nSPS) is 14.8. The van der Waals surface area contributed by atoms with Gasteiger partial charge in [-0.15, -0.1) is 11.3 Å². The third-order valence-electron chi connectivity index (χ3n) is 5.65. The molecular formula is C25H24F2N2O2S. The minimum absolute atomic E-state index is 0.0344. The van der Waals surface area contributed by atoms with Gasteiger partial charge < -0.3 is 5.32 Å². The SMILES string of the molecule is O=C(NC1CCCC1)[C@H](c1ccc(F)cc1)N(C(=O)Cc1cccs1)c1cccc(F)c1. The molecule has 0 bridgehead atoms. The van der Waals surface area contributed by atoms with Crippen molar-refractivity contribution in [2.45, 2.75) is 44.2 Å². The molecule has 2 aromatic carbocycles. The number of carbonyl (C=O) groups excluding carboxylic acids is 2. The fraction of sp³-hybridized carbons (Fsp3) is 0.280. The number of thiophene rings is 1. The van der Waals surface area contributed by atoms with Crippen molar-refractivity contribution in [1.29, 1.82) is 0 Å². The number of hydrogen-bond acceptors (Lipinski definition) is 3. The number of carbonyl (C=O) groups is 2. The molecule has 0 unspecified atom stereocenters. The van der Waals surface area contributed by atoms with Crippen LogP contribution < -0.4 is 10.2 Å². The third-order valence-corrected chi connectivity index (χ3v) is 6.53. The molecule has 1 aromatic heterocycles. The Hall–Kier alpha value is -3.06. The summed E-state index contributed by atoms with van der Waals surface area (Å²) in [6.07, 6.45) is 3.91. The van der Waals surface area contributed by atoms with E-state index in [4.69, 9.17) is 0 Å². The lowest BCUT2D eigenvalue weighted by atomic mass is 10.0. The average Bonchev–Trinajstić information content (AvgIpc) is 3.47. The lowest BCUT2D eigenvalue weighted by Crippen LogP contribution is -2.46. The molecule has 1 saturated carbocycles. The zero-order valence-corrected chi connectivity index (χ0v) is 18.3. The molecule has 1 aliphatic carbocycles. The van der Waals surface area contributed by atoms with Crippen LogP contribution in [0.5, 0.6) is 0 Å². The molecule has 2 amide bonds. The zero-order chi connectivity index (χ0) is 22.5. The van der Waals surface area contributed by atoms with Crippen molar-refractivity contribution < 1.29 is 18.4 Å². The van der Waals surface area contributed by atoms with Gasteiger partial charge in [0.05, 0.1) is 6.42 Å². The van der Waals surface area contributed by atoms with Gasteiger partial charge in [0.2, 0.25) is 11.8 Å². The highest BCUT2D eigenvalue weighted by Crippen LogP contribution is 2.31. The zero-order valence-electron chi connectivity index (χ0n) is 17.5. The van der Waals surface area contributed by atoms with Crippen molar-refractivity contribution in [2.75, 3.05) is 4.90 Å². The fourth-order valence-corrected chi connectivity index (χ4v) is 4.82. The largest absolute Gasteiger partial charge is 0.351 e. The summed E-state index contributed by atoms with van der Waals surface area (Å²) in [5, 5.41) is 4.93. The molecule has 0 radical (unpaired) electrons. The van der Waals surface area contributed by atoms with Crippen molar-refractivity contribution in [3.05, 3.63) is 88.1 Å². The third kappa shape index (κ3) is 5.22. The van der Waals surface area contributed by atoms with E-state index in [2.05, 4.69) is 5.32 Å². The first kappa shape index (κ1) is 22.1. The van der Waals surface area contributed by atoms with Crippen LogP contribution in [0.4, 0.5) is 14.5 Å². The molecule has 1 fully saturated rings. The monoisotopic (exact) mass is 454 g/mol. The molecule has 0 aliphatic heterocycles. The molecular weight excluding hydrogens is 430 g/mol. The number of halogens is 2. The average molecular weight is 455 g/mol. The molecule has 166 valence electrons. The summed E-state index contributed by atoms with van der Waals surface area (Å²) >= 11 is 1.44. The predicted molar refractivity (Wildman–Crippen MR) is 121 cm³/mol. The summed E-state index contributed by atoms with van der Waals surface area (Å²) in [6, 6.07) is 13.8. The van der Waals surface area contributed by atoms with Gasteiger partial charge in [0.15, 0.2) is 0 Å². The van der Waals surface area contributed by atoms with E-state index in [1.807, 2.05) is 17.5 Å². The smallest absolute Gasteiger partial charge is 0.248 e. The van der Waals surface area contributed by atoms with E-state index in [-0.39, 0.29) is 30.0 Å². The Labute approximate surface area is 189 Å². The van der Waals surface area contributed by atoms with Crippen LogP contribution in [-0.4, -0.2) is 17.9 Å². The van der Waals surface area contributed by atoms with Crippen LogP contribution in [0.25, 0.3) is 0 Å². The highest BCUT2D eigenvalue weighted by atomic mass is 32.1. The lowest BCUT2D eigenvalue weighted by molar-refractivity contribution is -0.127. The Bertz CT molecular complexity index is 1060. The number of amides is 2. The lowest BCUT2D eigenvalue weighted by Gasteiger charge is -2.32. The van der Waals surface area contributed by atoms with E-state index in [1.54, 1.807) is 6.07 Å². The molecule has 1 atom stereocenters. The van der Waals surface area contributed by atoms with Gasteiger partial charge in [0, 0.05) is 16.6 Å². The highest BCUT2D eigenvalue weighted by molar-refractivity contribution is 7.10. The van der Waals surface area contributed by atoms with Crippen LogP contribution in [0.2, 0.25) is 0 Å². The number of hydrogen-bond donors (Lipinski definition) is 1. The first-order valence-corrected chi connectivity index (χ1v) is 11.5. The Morgan fingerprint density at radius 3 is 2.41 bits per heavy atom. The summed E-state index contributed by atoms with van der Waals surface area (Å²) in [5.74, 6) is -1.64. The van der Waals surface area contributed by atoms with Crippen molar-refractivity contribution in [1.82, 2.24) is 5.32 Å². The minimum atomic E-state index is -1.05. The minimum Gasteiger partial charge on any atom is -0.351 e. The van der Waals surface area contributed by atoms with Gasteiger partial charge in [0.25, 0.3) is 0 Å².